The van der Waals surface area contributed by atoms with E-state index in [0.29, 0.717) is 0 Å². The Morgan fingerprint density at radius 1 is 1.75 bits per heavy atom. The van der Waals surface area contributed by atoms with E-state index in [0.717, 1.165) is 28.6 Å². The summed E-state index contributed by atoms with van der Waals surface area (Å²) in [7, 11) is 0. The molecular weight excluding hydrogens is 240 g/mol. The molecule has 2 heterocycles. The summed E-state index contributed by atoms with van der Waals surface area (Å²) in [4.78, 5) is 4.27. The third-order valence-corrected chi connectivity index (χ3v) is 3.30. The molecule has 1 fully saturated rings. The topological polar surface area (TPSA) is 34.1 Å². The molecule has 1 aliphatic heterocycles. The lowest BCUT2D eigenvalue weighted by Crippen LogP contribution is -2.34. The number of nitrogens with zero attached hydrogens (tertiary/aromatic N) is 1. The second-order valence-electron chi connectivity index (χ2n) is 2.58. The van der Waals surface area contributed by atoms with Crippen molar-refractivity contribution >= 4 is 27.3 Å². The lowest BCUT2D eigenvalue weighted by Gasteiger charge is -2.21. The van der Waals surface area contributed by atoms with Crippen LogP contribution in [0, 0.1) is 0 Å². The predicted octanol–water partition coefficient (Wildman–Crippen LogP) is 1.57. The van der Waals surface area contributed by atoms with Crippen LogP contribution in [0.3, 0.4) is 0 Å². The van der Waals surface area contributed by atoms with Crippen LogP contribution in [0.25, 0.3) is 0 Å². The molecule has 66 valence electrons. The van der Waals surface area contributed by atoms with Crippen molar-refractivity contribution in [1.82, 2.24) is 10.3 Å². The molecule has 1 atom stereocenters. The van der Waals surface area contributed by atoms with Crippen molar-refractivity contribution in [2.24, 2.45) is 0 Å². The first-order chi connectivity index (χ1) is 5.86. The van der Waals surface area contributed by atoms with E-state index in [9.17, 15) is 0 Å². The van der Waals surface area contributed by atoms with Crippen LogP contribution < -0.4 is 5.32 Å². The fourth-order valence-corrected chi connectivity index (χ4v) is 2.46. The number of ether oxygens (including phenoxy) is 1. The Kier molecular flexibility index (Phi) is 2.75. The Balaban J connectivity index is 2.08. The van der Waals surface area contributed by atoms with Gasteiger partial charge in [-0.1, -0.05) is 0 Å². The van der Waals surface area contributed by atoms with Crippen molar-refractivity contribution in [3.05, 3.63) is 15.0 Å². The number of thiazole rings is 1. The average Bonchev–Trinajstić information content (AvgIpc) is 2.54. The van der Waals surface area contributed by atoms with Crippen LogP contribution in [0.5, 0.6) is 0 Å². The van der Waals surface area contributed by atoms with Crippen LogP contribution in [-0.2, 0) is 4.74 Å². The first-order valence-electron chi connectivity index (χ1n) is 3.78. The highest BCUT2D eigenvalue weighted by molar-refractivity contribution is 9.11. The Labute approximate surface area is 83.3 Å². The number of aromatic nitrogens is 1. The lowest BCUT2D eigenvalue weighted by atomic mass is 10.3. The van der Waals surface area contributed by atoms with Gasteiger partial charge in [0.25, 0.3) is 0 Å². The van der Waals surface area contributed by atoms with Crippen LogP contribution in [0.15, 0.2) is 9.98 Å². The summed E-state index contributed by atoms with van der Waals surface area (Å²) in [5.41, 5.74) is 0. The minimum absolute atomic E-state index is 0.287. The van der Waals surface area contributed by atoms with Gasteiger partial charge in [0.05, 0.1) is 29.2 Å². The van der Waals surface area contributed by atoms with E-state index in [-0.39, 0.29) is 6.04 Å². The molecule has 2 rings (SSSR count). The van der Waals surface area contributed by atoms with Gasteiger partial charge in [0.1, 0.15) is 5.01 Å². The van der Waals surface area contributed by atoms with Gasteiger partial charge >= 0.3 is 0 Å². The maximum absolute atomic E-state index is 5.33. The monoisotopic (exact) mass is 248 g/mol. The minimum Gasteiger partial charge on any atom is -0.378 e. The highest BCUT2D eigenvalue weighted by Crippen LogP contribution is 2.25. The molecule has 1 N–H and O–H groups in total. The van der Waals surface area contributed by atoms with Crippen LogP contribution >= 0.6 is 27.3 Å². The molecule has 3 nitrogen and oxygen atoms in total. The van der Waals surface area contributed by atoms with Crippen molar-refractivity contribution in [2.45, 2.75) is 6.04 Å². The molecule has 5 heteroatoms. The number of halogens is 1. The highest BCUT2D eigenvalue weighted by atomic mass is 79.9. The summed E-state index contributed by atoms with van der Waals surface area (Å²) >= 11 is 5.04. The molecule has 1 aromatic heterocycles. The predicted molar refractivity (Wildman–Crippen MR) is 51.4 cm³/mol. The first kappa shape index (κ1) is 8.62. The van der Waals surface area contributed by atoms with Gasteiger partial charge in [0, 0.05) is 6.54 Å². The third-order valence-electron chi connectivity index (χ3n) is 1.72. The summed E-state index contributed by atoms with van der Waals surface area (Å²) in [5, 5.41) is 4.45. The Morgan fingerprint density at radius 2 is 2.67 bits per heavy atom. The quantitative estimate of drug-likeness (QED) is 0.820. The van der Waals surface area contributed by atoms with Crippen molar-refractivity contribution in [2.75, 3.05) is 19.8 Å². The molecule has 0 radical (unpaired) electrons. The molecular formula is C7H9BrN2OS. The molecule has 0 aromatic carbocycles. The maximum atomic E-state index is 5.33. The standard InChI is InChI=1S/C7H9BrN2OS/c8-6-3-10-7(12-6)5-4-11-2-1-9-5/h3,5,9H,1-2,4H2. The molecule has 1 aromatic rings. The molecule has 0 bridgehead atoms. The van der Waals surface area contributed by atoms with E-state index in [1.54, 1.807) is 11.3 Å². The van der Waals surface area contributed by atoms with Crippen molar-refractivity contribution in [3.63, 3.8) is 0 Å². The lowest BCUT2D eigenvalue weighted by molar-refractivity contribution is 0.0768. The summed E-state index contributed by atoms with van der Waals surface area (Å²) in [6.45, 7) is 2.46. The zero-order valence-corrected chi connectivity index (χ0v) is 8.82. The van der Waals surface area contributed by atoms with Crippen molar-refractivity contribution in [3.8, 4) is 0 Å². The van der Waals surface area contributed by atoms with Crippen molar-refractivity contribution in [1.29, 1.82) is 0 Å². The van der Waals surface area contributed by atoms with Crippen LogP contribution in [0.4, 0.5) is 0 Å². The van der Waals surface area contributed by atoms with E-state index in [2.05, 4.69) is 26.2 Å². The van der Waals surface area contributed by atoms with E-state index in [1.165, 1.54) is 0 Å². The summed E-state index contributed by atoms with van der Waals surface area (Å²) in [6, 6.07) is 0.287. The van der Waals surface area contributed by atoms with Crippen LogP contribution in [0.1, 0.15) is 11.0 Å². The fourth-order valence-electron chi connectivity index (χ4n) is 1.15. The summed E-state index contributed by atoms with van der Waals surface area (Å²) in [6.07, 6.45) is 1.83. The maximum Gasteiger partial charge on any atom is 0.113 e. The Hall–Kier alpha value is 0.0300. The first-order valence-corrected chi connectivity index (χ1v) is 5.39. The largest absolute Gasteiger partial charge is 0.378 e. The molecule has 0 amide bonds. The van der Waals surface area contributed by atoms with Crippen molar-refractivity contribution < 1.29 is 4.74 Å². The molecule has 0 spiro atoms. The summed E-state index contributed by atoms with van der Waals surface area (Å²) in [5.74, 6) is 0. The van der Waals surface area contributed by atoms with E-state index in [1.807, 2.05) is 6.20 Å². The van der Waals surface area contributed by atoms with Gasteiger partial charge in [-0.15, -0.1) is 11.3 Å². The van der Waals surface area contributed by atoms with E-state index < -0.39 is 0 Å². The average molecular weight is 249 g/mol. The molecule has 1 unspecified atom stereocenters. The minimum atomic E-state index is 0.287. The fraction of sp³-hybridized carbons (Fsp3) is 0.571. The van der Waals surface area contributed by atoms with Crippen LogP contribution in [0.2, 0.25) is 0 Å². The molecule has 1 aliphatic rings. The van der Waals surface area contributed by atoms with Gasteiger partial charge in [-0.2, -0.15) is 0 Å². The number of rotatable bonds is 1. The smallest absolute Gasteiger partial charge is 0.113 e. The number of morpholine rings is 1. The molecule has 1 saturated heterocycles. The zero-order chi connectivity index (χ0) is 8.39. The third kappa shape index (κ3) is 1.85. The normalized spacial score (nSPS) is 24.2. The zero-order valence-electron chi connectivity index (χ0n) is 6.42. The Bertz CT molecular complexity index is 260. The van der Waals surface area contributed by atoms with E-state index in [4.69, 9.17) is 4.74 Å². The SMILES string of the molecule is Brc1cnc(C2COCCN2)s1. The van der Waals surface area contributed by atoms with Gasteiger partial charge in [-0.3, -0.25) is 0 Å². The molecule has 0 aliphatic carbocycles. The second kappa shape index (κ2) is 3.83. The number of nitrogens with one attached hydrogen (secondary N) is 1. The van der Waals surface area contributed by atoms with Gasteiger partial charge in [-0.05, 0) is 15.9 Å². The number of hydrogen-bond acceptors (Lipinski definition) is 4. The van der Waals surface area contributed by atoms with Crippen LogP contribution in [-0.4, -0.2) is 24.7 Å². The second-order valence-corrected chi connectivity index (χ2v) is 5.03. The van der Waals surface area contributed by atoms with Gasteiger partial charge in [0.2, 0.25) is 0 Å². The molecule has 12 heavy (non-hydrogen) atoms. The van der Waals surface area contributed by atoms with Gasteiger partial charge in [0.15, 0.2) is 0 Å². The summed E-state index contributed by atoms with van der Waals surface area (Å²) < 4.78 is 6.41. The number of hydrogen-bond donors (Lipinski definition) is 1. The van der Waals surface area contributed by atoms with Gasteiger partial charge < -0.3 is 10.1 Å². The highest BCUT2D eigenvalue weighted by Gasteiger charge is 2.17. The van der Waals surface area contributed by atoms with Gasteiger partial charge in [-0.25, -0.2) is 4.98 Å². The Morgan fingerprint density at radius 3 is 3.25 bits per heavy atom. The molecule has 0 saturated carbocycles. The van der Waals surface area contributed by atoms with E-state index >= 15 is 0 Å².